The highest BCUT2D eigenvalue weighted by Gasteiger charge is 2.17. The first kappa shape index (κ1) is 14.0. The van der Waals surface area contributed by atoms with E-state index in [1.807, 2.05) is 0 Å². The van der Waals surface area contributed by atoms with Gasteiger partial charge in [0.1, 0.15) is 0 Å². The molecule has 1 aliphatic rings. The van der Waals surface area contributed by atoms with Crippen LogP contribution in [0.4, 0.5) is 0 Å². The average molecular weight is 242 g/mol. The van der Waals surface area contributed by atoms with Gasteiger partial charge < -0.3 is 15.4 Å². The lowest BCUT2D eigenvalue weighted by Crippen LogP contribution is -2.27. The van der Waals surface area contributed by atoms with Crippen molar-refractivity contribution in [3.05, 3.63) is 0 Å². The fourth-order valence-corrected chi connectivity index (χ4v) is 1.92. The minimum Gasteiger partial charge on any atom is -0.466 e. The van der Waals surface area contributed by atoms with E-state index in [1.54, 1.807) is 6.92 Å². The Labute approximate surface area is 102 Å². The molecule has 5 nitrogen and oxygen atoms in total. The molecule has 0 aromatic rings. The van der Waals surface area contributed by atoms with Gasteiger partial charge in [-0.15, -0.1) is 0 Å². The zero-order valence-electron chi connectivity index (χ0n) is 10.5. The van der Waals surface area contributed by atoms with Crippen molar-refractivity contribution in [3.8, 4) is 0 Å². The number of nitrogens with one attached hydrogen (secondary N) is 2. The van der Waals surface area contributed by atoms with Gasteiger partial charge in [0.25, 0.3) is 0 Å². The molecule has 0 spiro atoms. The maximum Gasteiger partial charge on any atom is 0.305 e. The summed E-state index contributed by atoms with van der Waals surface area (Å²) in [7, 11) is 0. The van der Waals surface area contributed by atoms with Crippen molar-refractivity contribution < 1.29 is 14.3 Å². The molecule has 0 radical (unpaired) electrons. The van der Waals surface area contributed by atoms with E-state index >= 15 is 0 Å². The highest BCUT2D eigenvalue weighted by molar-refractivity contribution is 5.76. The van der Waals surface area contributed by atoms with Crippen molar-refractivity contribution in [1.82, 2.24) is 10.6 Å². The Morgan fingerprint density at radius 2 is 2.29 bits per heavy atom. The third kappa shape index (κ3) is 6.26. The van der Waals surface area contributed by atoms with E-state index < -0.39 is 0 Å². The quantitative estimate of drug-likeness (QED) is 0.502. The van der Waals surface area contributed by atoms with E-state index in [0.717, 1.165) is 19.5 Å². The van der Waals surface area contributed by atoms with E-state index in [4.69, 9.17) is 4.74 Å². The molecule has 98 valence electrons. The Balaban J connectivity index is 1.98. The normalized spacial score (nSPS) is 19.0. The SMILES string of the molecule is CCOC(=O)CCCNC(=O)CC1CCNC1. The first-order valence-electron chi connectivity index (χ1n) is 6.35. The number of esters is 1. The van der Waals surface area contributed by atoms with Crippen molar-refractivity contribution >= 4 is 11.9 Å². The van der Waals surface area contributed by atoms with Crippen LogP contribution in [0, 0.1) is 5.92 Å². The lowest BCUT2D eigenvalue weighted by Gasteiger charge is -2.08. The lowest BCUT2D eigenvalue weighted by molar-refractivity contribution is -0.143. The van der Waals surface area contributed by atoms with E-state index in [0.29, 0.717) is 38.3 Å². The first-order chi connectivity index (χ1) is 8.22. The Kier molecular flexibility index (Phi) is 6.62. The van der Waals surface area contributed by atoms with E-state index in [9.17, 15) is 9.59 Å². The predicted molar refractivity (Wildman–Crippen MR) is 64.5 cm³/mol. The van der Waals surface area contributed by atoms with Gasteiger partial charge in [-0.2, -0.15) is 0 Å². The van der Waals surface area contributed by atoms with Crippen LogP contribution in [-0.2, 0) is 14.3 Å². The number of ether oxygens (including phenoxy) is 1. The number of carbonyl (C=O) groups excluding carboxylic acids is 2. The molecule has 1 amide bonds. The van der Waals surface area contributed by atoms with E-state index in [-0.39, 0.29) is 11.9 Å². The van der Waals surface area contributed by atoms with E-state index in [2.05, 4.69) is 10.6 Å². The molecule has 0 saturated carbocycles. The van der Waals surface area contributed by atoms with Crippen LogP contribution in [0.2, 0.25) is 0 Å². The van der Waals surface area contributed by atoms with Crippen molar-refractivity contribution in [3.63, 3.8) is 0 Å². The number of carbonyl (C=O) groups is 2. The summed E-state index contributed by atoms with van der Waals surface area (Å²) >= 11 is 0. The van der Waals surface area contributed by atoms with Crippen LogP contribution in [0.25, 0.3) is 0 Å². The molecule has 2 N–H and O–H groups in total. The fraction of sp³-hybridized carbons (Fsp3) is 0.833. The summed E-state index contributed by atoms with van der Waals surface area (Å²) in [6, 6.07) is 0. The molecule has 1 unspecified atom stereocenters. The third-order valence-electron chi connectivity index (χ3n) is 2.82. The third-order valence-corrected chi connectivity index (χ3v) is 2.82. The molecule has 0 bridgehead atoms. The molecule has 1 heterocycles. The van der Waals surface area contributed by atoms with Crippen LogP contribution in [-0.4, -0.2) is 38.1 Å². The molecule has 1 saturated heterocycles. The lowest BCUT2D eigenvalue weighted by atomic mass is 10.0. The fourth-order valence-electron chi connectivity index (χ4n) is 1.92. The second-order valence-electron chi connectivity index (χ2n) is 4.32. The van der Waals surface area contributed by atoms with Crippen molar-refractivity contribution in [1.29, 1.82) is 0 Å². The van der Waals surface area contributed by atoms with Gasteiger partial charge in [-0.05, 0) is 38.8 Å². The topological polar surface area (TPSA) is 67.4 Å². The highest BCUT2D eigenvalue weighted by Crippen LogP contribution is 2.11. The minimum absolute atomic E-state index is 0.0857. The van der Waals surface area contributed by atoms with Gasteiger partial charge in [0, 0.05) is 19.4 Å². The van der Waals surface area contributed by atoms with Gasteiger partial charge in [0.05, 0.1) is 6.61 Å². The summed E-state index contributed by atoms with van der Waals surface area (Å²) in [4.78, 5) is 22.5. The van der Waals surface area contributed by atoms with Gasteiger partial charge in [0.15, 0.2) is 0 Å². The number of hydrogen-bond acceptors (Lipinski definition) is 4. The zero-order chi connectivity index (χ0) is 12.5. The molecule has 0 aromatic heterocycles. The summed E-state index contributed by atoms with van der Waals surface area (Å²) in [5, 5.41) is 6.07. The molecule has 0 aromatic carbocycles. The summed E-state index contributed by atoms with van der Waals surface area (Å²) in [5.41, 5.74) is 0. The minimum atomic E-state index is -0.193. The average Bonchev–Trinajstić information content (AvgIpc) is 2.77. The van der Waals surface area contributed by atoms with Gasteiger partial charge >= 0.3 is 5.97 Å². The molecular weight excluding hydrogens is 220 g/mol. The maximum atomic E-state index is 11.5. The van der Waals surface area contributed by atoms with Crippen molar-refractivity contribution in [2.45, 2.75) is 32.6 Å². The molecule has 0 aliphatic carbocycles. The van der Waals surface area contributed by atoms with Gasteiger partial charge in [-0.25, -0.2) is 0 Å². The maximum absolute atomic E-state index is 11.5. The Morgan fingerprint density at radius 3 is 2.94 bits per heavy atom. The van der Waals surface area contributed by atoms with Gasteiger partial charge in [0.2, 0.25) is 5.91 Å². The molecule has 5 heteroatoms. The van der Waals surface area contributed by atoms with Crippen LogP contribution in [0.1, 0.15) is 32.6 Å². The Morgan fingerprint density at radius 1 is 1.47 bits per heavy atom. The standard InChI is InChI=1S/C12H22N2O3/c1-2-17-12(16)4-3-6-14-11(15)8-10-5-7-13-9-10/h10,13H,2-9H2,1H3,(H,14,15). The summed E-state index contributed by atoms with van der Waals surface area (Å²) in [5.74, 6) is 0.365. The number of hydrogen-bond donors (Lipinski definition) is 2. The Bertz CT molecular complexity index is 250. The molecule has 1 atom stereocenters. The van der Waals surface area contributed by atoms with Gasteiger partial charge in [-0.1, -0.05) is 0 Å². The van der Waals surface area contributed by atoms with Crippen LogP contribution in [0.3, 0.4) is 0 Å². The van der Waals surface area contributed by atoms with Crippen molar-refractivity contribution in [2.75, 3.05) is 26.2 Å². The largest absolute Gasteiger partial charge is 0.466 e. The molecular formula is C12H22N2O3. The highest BCUT2D eigenvalue weighted by atomic mass is 16.5. The van der Waals surface area contributed by atoms with Crippen LogP contribution in [0.5, 0.6) is 0 Å². The second-order valence-corrected chi connectivity index (χ2v) is 4.32. The van der Waals surface area contributed by atoms with Crippen LogP contribution >= 0.6 is 0 Å². The first-order valence-corrected chi connectivity index (χ1v) is 6.35. The molecule has 17 heavy (non-hydrogen) atoms. The second kappa shape index (κ2) is 8.06. The van der Waals surface area contributed by atoms with E-state index in [1.165, 1.54) is 0 Å². The summed E-state index contributed by atoms with van der Waals surface area (Å²) in [6.45, 7) is 4.71. The number of rotatable bonds is 7. The number of amides is 1. The summed E-state index contributed by atoms with van der Waals surface area (Å²) in [6.07, 6.45) is 2.69. The van der Waals surface area contributed by atoms with Crippen LogP contribution in [0.15, 0.2) is 0 Å². The smallest absolute Gasteiger partial charge is 0.305 e. The molecule has 1 rings (SSSR count). The zero-order valence-corrected chi connectivity index (χ0v) is 10.5. The predicted octanol–water partition coefficient (Wildman–Crippen LogP) is 0.445. The molecule has 1 fully saturated rings. The molecule has 1 aliphatic heterocycles. The monoisotopic (exact) mass is 242 g/mol. The Hall–Kier alpha value is -1.10. The summed E-state index contributed by atoms with van der Waals surface area (Å²) < 4.78 is 4.80. The van der Waals surface area contributed by atoms with Crippen LogP contribution < -0.4 is 10.6 Å². The van der Waals surface area contributed by atoms with Crippen molar-refractivity contribution in [2.24, 2.45) is 5.92 Å². The van der Waals surface area contributed by atoms with Gasteiger partial charge in [-0.3, -0.25) is 9.59 Å².